The molecule has 72 valence electrons. The largest absolute Gasteiger partial charge is 0.418 e. The number of alkyl halides is 3. The molecule has 1 aromatic rings. The van der Waals surface area contributed by atoms with Gasteiger partial charge in [-0.05, 0) is 40.6 Å². The Morgan fingerprint density at radius 2 is 2.08 bits per heavy atom. The van der Waals surface area contributed by atoms with Crippen LogP contribution >= 0.6 is 22.6 Å². The predicted octanol–water partition coefficient (Wildman–Crippen LogP) is 3.27. The number of aromatic nitrogens is 1. The van der Waals surface area contributed by atoms with Gasteiger partial charge in [0.2, 0.25) is 0 Å². The predicted molar refractivity (Wildman–Crippen MR) is 51.3 cm³/mol. The molecule has 0 aliphatic carbocycles. The van der Waals surface area contributed by atoms with Crippen molar-refractivity contribution in [3.05, 3.63) is 27.1 Å². The normalized spacial score (nSPS) is 11.8. The van der Waals surface area contributed by atoms with E-state index in [1.807, 2.05) is 22.6 Å². The summed E-state index contributed by atoms with van der Waals surface area (Å²) in [5.41, 5.74) is -0.331. The van der Waals surface area contributed by atoms with Crippen molar-refractivity contribution in [2.45, 2.75) is 19.5 Å². The van der Waals surface area contributed by atoms with Crippen LogP contribution in [0.3, 0.4) is 0 Å². The van der Waals surface area contributed by atoms with E-state index >= 15 is 0 Å². The summed E-state index contributed by atoms with van der Waals surface area (Å²) < 4.78 is 37.6. The zero-order valence-electron chi connectivity index (χ0n) is 6.82. The third kappa shape index (κ3) is 2.55. The minimum atomic E-state index is -4.29. The lowest BCUT2D eigenvalue weighted by Gasteiger charge is -2.10. The molecule has 0 aliphatic rings. The quantitative estimate of drug-likeness (QED) is 0.573. The molecule has 1 nitrogen and oxygen atoms in total. The van der Waals surface area contributed by atoms with Gasteiger partial charge < -0.3 is 0 Å². The highest BCUT2D eigenvalue weighted by molar-refractivity contribution is 14.1. The maximum absolute atomic E-state index is 12.3. The number of aryl methyl sites for hydroxylation is 1. The lowest BCUT2D eigenvalue weighted by Crippen LogP contribution is -2.09. The molecule has 13 heavy (non-hydrogen) atoms. The number of rotatable bonds is 1. The van der Waals surface area contributed by atoms with E-state index in [9.17, 15) is 13.2 Å². The third-order valence-corrected chi connectivity index (χ3v) is 2.23. The smallest absolute Gasteiger partial charge is 0.250 e. The van der Waals surface area contributed by atoms with E-state index in [1.54, 1.807) is 6.92 Å². The molecule has 0 aromatic carbocycles. The summed E-state index contributed by atoms with van der Waals surface area (Å²) in [6, 6.07) is 1.46. The van der Waals surface area contributed by atoms with Crippen molar-refractivity contribution in [2.24, 2.45) is 0 Å². The molecule has 1 heterocycles. The first kappa shape index (κ1) is 10.7. The van der Waals surface area contributed by atoms with E-state index in [1.165, 1.54) is 6.07 Å². The van der Waals surface area contributed by atoms with Crippen LogP contribution in [0.25, 0.3) is 0 Å². The highest BCUT2D eigenvalue weighted by Crippen LogP contribution is 2.31. The van der Waals surface area contributed by atoms with E-state index < -0.39 is 11.7 Å². The molecule has 5 heteroatoms. The number of pyridine rings is 1. The third-order valence-electron chi connectivity index (χ3n) is 1.64. The van der Waals surface area contributed by atoms with Crippen LogP contribution in [0.1, 0.15) is 18.1 Å². The van der Waals surface area contributed by atoms with Crippen molar-refractivity contribution in [2.75, 3.05) is 0 Å². The van der Waals surface area contributed by atoms with E-state index in [2.05, 4.69) is 4.98 Å². The minimum Gasteiger partial charge on any atom is -0.250 e. The van der Waals surface area contributed by atoms with Crippen LogP contribution < -0.4 is 0 Å². The van der Waals surface area contributed by atoms with Crippen molar-refractivity contribution in [1.29, 1.82) is 0 Å². The van der Waals surface area contributed by atoms with Gasteiger partial charge in [0, 0.05) is 6.20 Å². The van der Waals surface area contributed by atoms with Gasteiger partial charge in [0.05, 0.1) is 5.56 Å². The Morgan fingerprint density at radius 1 is 1.46 bits per heavy atom. The summed E-state index contributed by atoms with van der Waals surface area (Å²) in [6.07, 6.45) is -3.03. The van der Waals surface area contributed by atoms with Crippen LogP contribution in [0, 0.1) is 3.70 Å². The molecule has 0 saturated heterocycles. The second-order valence-electron chi connectivity index (χ2n) is 2.52. The molecule has 1 rings (SSSR count). The zero-order valence-corrected chi connectivity index (χ0v) is 8.98. The van der Waals surface area contributed by atoms with Crippen molar-refractivity contribution in [1.82, 2.24) is 4.98 Å². The van der Waals surface area contributed by atoms with E-state index in [0.717, 1.165) is 6.20 Å². The molecule has 1 aromatic heterocycles. The fraction of sp³-hybridized carbons (Fsp3) is 0.375. The number of halogens is 4. The van der Waals surface area contributed by atoms with Crippen LogP contribution in [0.5, 0.6) is 0 Å². The van der Waals surface area contributed by atoms with Gasteiger partial charge in [-0.3, -0.25) is 0 Å². The van der Waals surface area contributed by atoms with Crippen LogP contribution in [-0.2, 0) is 12.6 Å². The van der Waals surface area contributed by atoms with Gasteiger partial charge >= 0.3 is 6.18 Å². The maximum atomic E-state index is 12.3. The van der Waals surface area contributed by atoms with E-state index in [-0.39, 0.29) is 0 Å². The Bertz CT molecular complexity index is 309. The van der Waals surface area contributed by atoms with Gasteiger partial charge in [0.1, 0.15) is 3.70 Å². The van der Waals surface area contributed by atoms with E-state index in [4.69, 9.17) is 0 Å². The number of nitrogens with zero attached hydrogens (tertiary/aromatic N) is 1. The molecule has 0 saturated carbocycles. The Labute approximate surface area is 87.5 Å². The maximum Gasteiger partial charge on any atom is 0.418 e. The van der Waals surface area contributed by atoms with Crippen molar-refractivity contribution in [3.8, 4) is 0 Å². The first-order chi connectivity index (χ1) is 5.95. The van der Waals surface area contributed by atoms with E-state index in [0.29, 0.717) is 15.7 Å². The van der Waals surface area contributed by atoms with Gasteiger partial charge in [-0.2, -0.15) is 13.2 Å². The summed E-state index contributed by atoms with van der Waals surface area (Å²) in [5.74, 6) is 0. The van der Waals surface area contributed by atoms with Crippen molar-refractivity contribution < 1.29 is 13.2 Å². The molecule has 0 fully saturated rings. The first-order valence-electron chi connectivity index (χ1n) is 3.66. The SMILES string of the molecule is CCc1cc(I)ncc1C(F)(F)F. The Kier molecular flexibility index (Phi) is 3.15. The fourth-order valence-electron chi connectivity index (χ4n) is 1.02. The van der Waals surface area contributed by atoms with Gasteiger partial charge in [-0.1, -0.05) is 6.92 Å². The zero-order chi connectivity index (χ0) is 10.1. The molecule has 0 atom stereocenters. The first-order valence-corrected chi connectivity index (χ1v) is 4.74. The highest BCUT2D eigenvalue weighted by atomic mass is 127. The fourth-order valence-corrected chi connectivity index (χ4v) is 1.53. The molecule has 0 amide bonds. The van der Waals surface area contributed by atoms with Crippen LogP contribution in [-0.4, -0.2) is 4.98 Å². The summed E-state index contributed by atoms with van der Waals surface area (Å²) in [6.45, 7) is 1.70. The Morgan fingerprint density at radius 3 is 2.54 bits per heavy atom. The molecule has 0 radical (unpaired) electrons. The van der Waals surface area contributed by atoms with Gasteiger partial charge in [0.25, 0.3) is 0 Å². The summed E-state index contributed by atoms with van der Waals surface area (Å²) in [7, 11) is 0. The molecule has 0 bridgehead atoms. The second kappa shape index (κ2) is 3.81. The van der Waals surface area contributed by atoms with Crippen molar-refractivity contribution >= 4 is 22.6 Å². The highest BCUT2D eigenvalue weighted by Gasteiger charge is 2.33. The summed E-state index contributed by atoms with van der Waals surface area (Å²) in [5, 5.41) is 0. The second-order valence-corrected chi connectivity index (χ2v) is 3.62. The molecular weight excluding hydrogens is 294 g/mol. The molecule has 0 N–H and O–H groups in total. The molecule has 0 aliphatic heterocycles. The van der Waals surface area contributed by atoms with Crippen LogP contribution in [0.2, 0.25) is 0 Å². The van der Waals surface area contributed by atoms with Gasteiger partial charge in [-0.15, -0.1) is 0 Å². The average molecular weight is 301 g/mol. The van der Waals surface area contributed by atoms with Crippen LogP contribution in [0.15, 0.2) is 12.3 Å². The standard InChI is InChI=1S/C8H7F3IN/c1-2-5-3-7(12)13-4-6(5)8(9,10)11/h3-4H,2H2,1H3. The topological polar surface area (TPSA) is 12.9 Å². The molecular formula is C8H7F3IN. The van der Waals surface area contributed by atoms with Crippen LogP contribution in [0.4, 0.5) is 13.2 Å². The molecule has 0 unspecified atom stereocenters. The number of hydrogen-bond acceptors (Lipinski definition) is 1. The Balaban J connectivity index is 3.22. The van der Waals surface area contributed by atoms with Gasteiger partial charge in [-0.25, -0.2) is 4.98 Å². The summed E-state index contributed by atoms with van der Waals surface area (Å²) >= 11 is 1.90. The summed E-state index contributed by atoms with van der Waals surface area (Å²) in [4.78, 5) is 3.62. The van der Waals surface area contributed by atoms with Gasteiger partial charge in [0.15, 0.2) is 0 Å². The molecule has 0 spiro atoms. The number of hydrogen-bond donors (Lipinski definition) is 0. The lowest BCUT2D eigenvalue weighted by atomic mass is 10.1. The minimum absolute atomic E-state index is 0.298. The average Bonchev–Trinajstić information content (AvgIpc) is 2.01. The lowest BCUT2D eigenvalue weighted by molar-refractivity contribution is -0.138. The van der Waals surface area contributed by atoms with Crippen molar-refractivity contribution in [3.63, 3.8) is 0 Å². The monoisotopic (exact) mass is 301 g/mol. The Hall–Kier alpha value is -0.330.